The van der Waals surface area contributed by atoms with Gasteiger partial charge in [-0.15, -0.1) is 0 Å². The number of benzene rings is 2. The van der Waals surface area contributed by atoms with Gasteiger partial charge in [-0.1, -0.05) is 12.1 Å². The molecule has 0 saturated heterocycles. The van der Waals surface area contributed by atoms with E-state index in [2.05, 4.69) is 15.3 Å². The normalized spacial score (nSPS) is 10.7. The lowest BCUT2D eigenvalue weighted by molar-refractivity contribution is 0.415. The smallest absolute Gasteiger partial charge is 0.177 e. The van der Waals surface area contributed by atoms with E-state index in [9.17, 15) is 0 Å². The van der Waals surface area contributed by atoms with Crippen LogP contribution in [0.15, 0.2) is 91.3 Å². The quantitative estimate of drug-likeness (QED) is 0.327. The lowest BCUT2D eigenvalue weighted by Crippen LogP contribution is -2.30. The van der Waals surface area contributed by atoms with Gasteiger partial charge < -0.3 is 15.0 Å². The van der Waals surface area contributed by atoms with E-state index in [1.165, 1.54) is 0 Å². The number of rotatable bonds is 5. The van der Waals surface area contributed by atoms with Crippen molar-refractivity contribution in [1.82, 2.24) is 19.9 Å². The Morgan fingerprint density at radius 3 is 2.00 bits per heavy atom. The van der Waals surface area contributed by atoms with Gasteiger partial charge in [0.1, 0.15) is 17.1 Å². The van der Waals surface area contributed by atoms with Gasteiger partial charge >= 0.3 is 0 Å². The van der Waals surface area contributed by atoms with Gasteiger partial charge in [-0.3, -0.25) is 9.97 Å². The summed E-state index contributed by atoms with van der Waals surface area (Å²) >= 11 is 5.64. The second-order valence-electron chi connectivity index (χ2n) is 7.74. The second-order valence-corrected chi connectivity index (χ2v) is 8.13. The lowest BCUT2D eigenvalue weighted by atomic mass is 10.1. The number of fused-ring (bicyclic) bond motifs is 1. The average Bonchev–Trinajstić information content (AvgIpc) is 2.93. The van der Waals surface area contributed by atoms with E-state index < -0.39 is 0 Å². The highest BCUT2D eigenvalue weighted by molar-refractivity contribution is 7.80. The zero-order chi connectivity index (χ0) is 24.2. The fourth-order valence-corrected chi connectivity index (χ4v) is 3.85. The molecule has 0 spiro atoms. The maximum absolute atomic E-state index is 5.64. The molecule has 0 aliphatic rings. The van der Waals surface area contributed by atoms with Crippen LogP contribution in [-0.4, -0.2) is 39.2 Å². The van der Waals surface area contributed by atoms with E-state index >= 15 is 0 Å². The van der Waals surface area contributed by atoms with E-state index in [1.54, 1.807) is 19.5 Å². The first kappa shape index (κ1) is 22.4. The van der Waals surface area contributed by atoms with Crippen molar-refractivity contribution in [3.63, 3.8) is 0 Å². The molecule has 2 aromatic carbocycles. The molecule has 0 fully saturated rings. The van der Waals surface area contributed by atoms with Crippen molar-refractivity contribution in [3.8, 4) is 28.5 Å². The Hall–Kier alpha value is -4.43. The highest BCUT2D eigenvalue weighted by Crippen LogP contribution is 2.29. The summed E-state index contributed by atoms with van der Waals surface area (Å²) < 4.78 is 5.24. The standard InChI is InChI=1S/C27H22N6OS/c1-33(19-10-12-20(34-2)13-11-19)27(35)30-18-9-14-21-24(17-18)32-26(23-8-4-6-16-29-23)25(31-21)22-7-3-5-15-28-22/h3-17H,1-2H3,(H,30,35). The van der Waals surface area contributed by atoms with Crippen molar-refractivity contribution < 1.29 is 4.74 Å². The first-order valence-corrected chi connectivity index (χ1v) is 11.4. The molecule has 35 heavy (non-hydrogen) atoms. The summed E-state index contributed by atoms with van der Waals surface area (Å²) in [5.41, 5.74) is 6.08. The van der Waals surface area contributed by atoms with Crippen molar-refractivity contribution in [2.45, 2.75) is 0 Å². The van der Waals surface area contributed by atoms with E-state index in [0.29, 0.717) is 16.5 Å². The van der Waals surface area contributed by atoms with Crippen LogP contribution >= 0.6 is 12.2 Å². The number of ether oxygens (including phenoxy) is 1. The summed E-state index contributed by atoms with van der Waals surface area (Å²) in [4.78, 5) is 20.7. The third-order valence-corrected chi connectivity index (χ3v) is 5.87. The van der Waals surface area contributed by atoms with Gasteiger partial charge in [0.25, 0.3) is 0 Å². The van der Waals surface area contributed by atoms with Gasteiger partial charge in [-0.05, 0) is 78.9 Å². The van der Waals surface area contributed by atoms with Crippen molar-refractivity contribution in [1.29, 1.82) is 0 Å². The predicted octanol–water partition coefficient (Wildman–Crippen LogP) is 5.60. The number of nitrogens with one attached hydrogen (secondary N) is 1. The Morgan fingerprint density at radius 2 is 1.43 bits per heavy atom. The molecule has 0 amide bonds. The highest BCUT2D eigenvalue weighted by Gasteiger charge is 2.16. The zero-order valence-electron chi connectivity index (χ0n) is 19.2. The Morgan fingerprint density at radius 1 is 0.800 bits per heavy atom. The molecule has 7 nitrogen and oxygen atoms in total. The first-order valence-electron chi connectivity index (χ1n) is 11.0. The van der Waals surface area contributed by atoms with Crippen molar-refractivity contribution in [2.75, 3.05) is 24.4 Å². The monoisotopic (exact) mass is 478 g/mol. The molecule has 172 valence electrons. The third-order valence-electron chi connectivity index (χ3n) is 5.49. The summed E-state index contributed by atoms with van der Waals surface area (Å²) in [5, 5.41) is 3.85. The van der Waals surface area contributed by atoms with Crippen LogP contribution < -0.4 is 15.0 Å². The molecule has 5 aromatic rings. The van der Waals surface area contributed by atoms with Gasteiger partial charge in [-0.25, -0.2) is 9.97 Å². The summed E-state index contributed by atoms with van der Waals surface area (Å²) in [6.07, 6.45) is 3.49. The van der Waals surface area contributed by atoms with Crippen molar-refractivity contribution in [2.24, 2.45) is 0 Å². The molecule has 0 aliphatic heterocycles. The minimum absolute atomic E-state index is 0.553. The second kappa shape index (κ2) is 9.82. The molecule has 5 rings (SSSR count). The SMILES string of the molecule is COc1ccc(N(C)C(=S)Nc2ccc3nc(-c4ccccn4)c(-c4ccccn4)nc3c2)cc1. The molecule has 0 atom stereocenters. The molecule has 0 unspecified atom stereocenters. The van der Waals surface area contributed by atoms with Crippen molar-refractivity contribution in [3.05, 3.63) is 91.3 Å². The molecule has 3 aromatic heterocycles. The van der Waals surface area contributed by atoms with Crippen LogP contribution in [0.3, 0.4) is 0 Å². The Bertz CT molecular complexity index is 1480. The fourth-order valence-electron chi connectivity index (χ4n) is 3.63. The fraction of sp³-hybridized carbons (Fsp3) is 0.0741. The van der Waals surface area contributed by atoms with Gasteiger partial charge in [0, 0.05) is 30.8 Å². The maximum Gasteiger partial charge on any atom is 0.177 e. The number of aromatic nitrogens is 4. The van der Waals surface area contributed by atoms with Crippen LogP contribution in [0.5, 0.6) is 5.75 Å². The van der Waals surface area contributed by atoms with Gasteiger partial charge in [0.15, 0.2) is 5.11 Å². The third kappa shape index (κ3) is 4.78. The van der Waals surface area contributed by atoms with Gasteiger partial charge in [0.2, 0.25) is 0 Å². The number of hydrogen-bond acceptors (Lipinski definition) is 6. The molecule has 0 saturated carbocycles. The number of methoxy groups -OCH3 is 1. The summed E-state index contributed by atoms with van der Waals surface area (Å²) in [7, 11) is 3.56. The van der Waals surface area contributed by atoms with Crippen LogP contribution in [0.25, 0.3) is 33.8 Å². The predicted molar refractivity (Wildman–Crippen MR) is 144 cm³/mol. The summed E-state index contributed by atoms with van der Waals surface area (Å²) in [6.45, 7) is 0. The molecular weight excluding hydrogens is 456 g/mol. The van der Waals surface area contributed by atoms with E-state index in [-0.39, 0.29) is 0 Å². The minimum atomic E-state index is 0.553. The lowest BCUT2D eigenvalue weighted by Gasteiger charge is -2.21. The highest BCUT2D eigenvalue weighted by atomic mass is 32.1. The van der Waals surface area contributed by atoms with Crippen LogP contribution in [0.1, 0.15) is 0 Å². The van der Waals surface area contributed by atoms with Crippen LogP contribution in [0, 0.1) is 0 Å². The van der Waals surface area contributed by atoms with Crippen LogP contribution in [-0.2, 0) is 0 Å². The topological polar surface area (TPSA) is 76.1 Å². The zero-order valence-corrected chi connectivity index (χ0v) is 20.0. The van der Waals surface area contributed by atoms with Crippen LogP contribution in [0.2, 0.25) is 0 Å². The van der Waals surface area contributed by atoms with Crippen molar-refractivity contribution >= 4 is 39.7 Å². The van der Waals surface area contributed by atoms with Crippen LogP contribution in [0.4, 0.5) is 11.4 Å². The van der Waals surface area contributed by atoms with E-state index in [4.69, 9.17) is 26.9 Å². The Kier molecular flexibility index (Phi) is 6.28. The summed E-state index contributed by atoms with van der Waals surface area (Å²) in [6, 6.07) is 25.0. The average molecular weight is 479 g/mol. The number of pyridine rings is 2. The largest absolute Gasteiger partial charge is 0.497 e. The number of anilines is 2. The number of hydrogen-bond donors (Lipinski definition) is 1. The van der Waals surface area contributed by atoms with Gasteiger partial charge in [-0.2, -0.15) is 0 Å². The van der Waals surface area contributed by atoms with E-state index in [0.717, 1.165) is 39.5 Å². The molecule has 0 radical (unpaired) electrons. The maximum atomic E-state index is 5.64. The molecule has 3 heterocycles. The first-order chi connectivity index (χ1) is 17.1. The molecule has 0 bridgehead atoms. The number of nitrogens with zero attached hydrogens (tertiary/aromatic N) is 5. The summed E-state index contributed by atoms with van der Waals surface area (Å²) in [5.74, 6) is 0.794. The molecule has 8 heteroatoms. The van der Waals surface area contributed by atoms with E-state index in [1.807, 2.05) is 90.8 Å². The Balaban J connectivity index is 1.49. The minimum Gasteiger partial charge on any atom is -0.497 e. The Labute approximate surface area is 208 Å². The molecular formula is C27H22N6OS. The van der Waals surface area contributed by atoms with Gasteiger partial charge in [0.05, 0.1) is 29.5 Å². The molecule has 0 aliphatic carbocycles. The molecule has 1 N–H and O–H groups in total. The number of thiocarbonyl (C=S) groups is 1.